The summed E-state index contributed by atoms with van der Waals surface area (Å²) in [7, 11) is -0.704. The maximum atomic E-state index is 14.0. The minimum absolute atomic E-state index is 0.159. The van der Waals surface area contributed by atoms with Gasteiger partial charge < -0.3 is 10.2 Å². The first-order valence-corrected chi connectivity index (χ1v) is 8.29. The van der Waals surface area contributed by atoms with Gasteiger partial charge in [-0.3, -0.25) is 4.21 Å². The van der Waals surface area contributed by atoms with E-state index in [-0.39, 0.29) is 5.82 Å². The fraction of sp³-hybridized carbons (Fsp3) is 0.571. The highest BCUT2D eigenvalue weighted by molar-refractivity contribution is 7.85. The number of hydrogen-bond donors (Lipinski definition) is 1. The van der Waals surface area contributed by atoms with Crippen LogP contribution in [0.25, 0.3) is 0 Å². The molecule has 1 fully saturated rings. The van der Waals surface area contributed by atoms with Crippen LogP contribution in [-0.4, -0.2) is 35.3 Å². The van der Waals surface area contributed by atoms with Gasteiger partial charge in [0.25, 0.3) is 0 Å². The minimum Gasteiger partial charge on any atom is -0.369 e. The lowest BCUT2D eigenvalue weighted by molar-refractivity contribution is 0.584. The highest BCUT2D eigenvalue weighted by Crippen LogP contribution is 2.24. The molecule has 0 aliphatic carbocycles. The molecule has 0 saturated carbocycles. The summed E-state index contributed by atoms with van der Waals surface area (Å²) in [4.78, 5) is 2.15. The molecule has 106 valence electrons. The Kier molecular flexibility index (Phi) is 5.34. The molecule has 1 aromatic rings. The average Bonchev–Trinajstić information content (AvgIpc) is 2.42. The summed E-state index contributed by atoms with van der Waals surface area (Å²) < 4.78 is 25.4. The molecule has 0 radical (unpaired) electrons. The van der Waals surface area contributed by atoms with Crippen molar-refractivity contribution in [3.05, 3.63) is 29.6 Å². The minimum atomic E-state index is -0.704. The number of anilines is 1. The van der Waals surface area contributed by atoms with E-state index in [9.17, 15) is 8.60 Å². The number of nitrogens with one attached hydrogen (secondary N) is 1. The molecule has 2 rings (SSSR count). The Labute approximate surface area is 116 Å². The Morgan fingerprint density at radius 1 is 1.37 bits per heavy atom. The average molecular weight is 284 g/mol. The lowest BCUT2D eigenvalue weighted by Crippen LogP contribution is -2.38. The summed E-state index contributed by atoms with van der Waals surface area (Å²) in [6.45, 7) is 5.02. The van der Waals surface area contributed by atoms with Crippen molar-refractivity contribution in [2.75, 3.05) is 36.0 Å². The fourth-order valence-electron chi connectivity index (χ4n) is 2.29. The van der Waals surface area contributed by atoms with Crippen molar-refractivity contribution in [1.29, 1.82) is 0 Å². The van der Waals surface area contributed by atoms with Crippen LogP contribution in [-0.2, 0) is 17.3 Å². The molecule has 1 aromatic carbocycles. The zero-order valence-electron chi connectivity index (χ0n) is 11.3. The van der Waals surface area contributed by atoms with E-state index < -0.39 is 10.8 Å². The van der Waals surface area contributed by atoms with Crippen molar-refractivity contribution in [2.45, 2.75) is 19.9 Å². The molecule has 1 aliphatic rings. The first kappa shape index (κ1) is 14.5. The molecular weight excluding hydrogens is 263 g/mol. The van der Waals surface area contributed by atoms with Crippen LogP contribution in [0.2, 0.25) is 0 Å². The van der Waals surface area contributed by atoms with Crippen molar-refractivity contribution in [3.63, 3.8) is 0 Å². The Balaban J connectivity index is 2.14. The Morgan fingerprint density at radius 2 is 2.11 bits per heavy atom. The molecule has 0 atom stereocenters. The highest BCUT2D eigenvalue weighted by Gasteiger charge is 2.19. The van der Waals surface area contributed by atoms with Gasteiger partial charge in [-0.05, 0) is 25.1 Å². The van der Waals surface area contributed by atoms with Crippen LogP contribution < -0.4 is 10.2 Å². The van der Waals surface area contributed by atoms with E-state index in [1.54, 1.807) is 6.07 Å². The second-order valence-corrected chi connectivity index (χ2v) is 6.45. The van der Waals surface area contributed by atoms with Gasteiger partial charge in [-0.2, -0.15) is 0 Å². The molecular formula is C14H21FN2OS. The van der Waals surface area contributed by atoms with Crippen LogP contribution in [0.15, 0.2) is 18.2 Å². The van der Waals surface area contributed by atoms with Gasteiger partial charge in [0.2, 0.25) is 0 Å². The normalized spacial score (nSPS) is 16.8. The van der Waals surface area contributed by atoms with Crippen LogP contribution in [0.4, 0.5) is 10.1 Å². The van der Waals surface area contributed by atoms with E-state index in [0.717, 1.165) is 37.3 Å². The molecule has 1 heterocycles. The molecule has 0 aromatic heterocycles. The van der Waals surface area contributed by atoms with Crippen molar-refractivity contribution < 1.29 is 8.60 Å². The summed E-state index contributed by atoms with van der Waals surface area (Å²) in [6, 6.07) is 5.22. The molecule has 3 nitrogen and oxygen atoms in total. The molecule has 19 heavy (non-hydrogen) atoms. The Morgan fingerprint density at radius 3 is 2.79 bits per heavy atom. The van der Waals surface area contributed by atoms with Crippen LogP contribution in [0, 0.1) is 5.82 Å². The molecule has 1 N–H and O–H groups in total. The van der Waals surface area contributed by atoms with Gasteiger partial charge in [-0.25, -0.2) is 4.39 Å². The molecule has 0 unspecified atom stereocenters. The van der Waals surface area contributed by atoms with Gasteiger partial charge in [0.05, 0.1) is 0 Å². The number of halogens is 1. The number of hydrogen-bond acceptors (Lipinski definition) is 3. The maximum Gasteiger partial charge on any atom is 0.129 e. The fourth-order valence-corrected chi connectivity index (χ4v) is 3.34. The zero-order chi connectivity index (χ0) is 13.7. The largest absolute Gasteiger partial charge is 0.369 e. The maximum absolute atomic E-state index is 14.0. The van der Waals surface area contributed by atoms with Crippen molar-refractivity contribution in [1.82, 2.24) is 5.32 Å². The first-order valence-electron chi connectivity index (χ1n) is 6.80. The zero-order valence-corrected chi connectivity index (χ0v) is 12.1. The van der Waals surface area contributed by atoms with Gasteiger partial charge in [-0.1, -0.05) is 13.0 Å². The smallest absolute Gasteiger partial charge is 0.129 e. The third-order valence-electron chi connectivity index (χ3n) is 3.34. The Hall–Kier alpha value is -0.940. The predicted octanol–water partition coefficient (Wildman–Crippen LogP) is 1.89. The van der Waals surface area contributed by atoms with E-state index in [1.165, 1.54) is 6.07 Å². The van der Waals surface area contributed by atoms with Crippen LogP contribution in [0.1, 0.15) is 18.9 Å². The monoisotopic (exact) mass is 284 g/mol. The third kappa shape index (κ3) is 3.76. The lowest BCUT2D eigenvalue weighted by Gasteiger charge is -2.30. The first-order chi connectivity index (χ1) is 9.22. The molecule has 5 heteroatoms. The summed E-state index contributed by atoms with van der Waals surface area (Å²) in [5, 5.41) is 3.25. The second kappa shape index (κ2) is 7.01. The molecule has 0 spiro atoms. The summed E-state index contributed by atoms with van der Waals surface area (Å²) in [5.74, 6) is 1.20. The molecule has 0 amide bonds. The standard InChI is InChI=1S/C14H21FN2OS/c1-2-6-16-11-12-13(15)4-3-5-14(12)17-7-9-19(18)10-8-17/h3-5,16H,2,6-11H2,1H3. The van der Waals surface area contributed by atoms with Crippen LogP contribution in [0.5, 0.6) is 0 Å². The van der Waals surface area contributed by atoms with E-state index >= 15 is 0 Å². The van der Waals surface area contributed by atoms with Crippen molar-refractivity contribution >= 4 is 16.5 Å². The summed E-state index contributed by atoms with van der Waals surface area (Å²) in [5.41, 5.74) is 1.67. The lowest BCUT2D eigenvalue weighted by atomic mass is 10.1. The molecule has 0 bridgehead atoms. The van der Waals surface area contributed by atoms with Gasteiger partial charge in [0, 0.05) is 53.2 Å². The van der Waals surface area contributed by atoms with Gasteiger partial charge >= 0.3 is 0 Å². The summed E-state index contributed by atoms with van der Waals surface area (Å²) in [6.07, 6.45) is 1.03. The van der Waals surface area contributed by atoms with Crippen LogP contribution >= 0.6 is 0 Å². The number of rotatable bonds is 5. The molecule has 1 saturated heterocycles. The van der Waals surface area contributed by atoms with Crippen LogP contribution in [0.3, 0.4) is 0 Å². The quantitative estimate of drug-likeness (QED) is 0.838. The van der Waals surface area contributed by atoms with Gasteiger partial charge in [-0.15, -0.1) is 0 Å². The van der Waals surface area contributed by atoms with E-state index in [4.69, 9.17) is 0 Å². The topological polar surface area (TPSA) is 32.3 Å². The number of nitrogens with zero attached hydrogens (tertiary/aromatic N) is 1. The van der Waals surface area contributed by atoms with E-state index in [0.29, 0.717) is 18.1 Å². The van der Waals surface area contributed by atoms with Gasteiger partial charge in [0.1, 0.15) is 5.82 Å². The SMILES string of the molecule is CCCNCc1c(F)cccc1N1CCS(=O)CC1. The molecule has 1 aliphatic heterocycles. The summed E-state index contributed by atoms with van der Waals surface area (Å²) >= 11 is 0. The predicted molar refractivity (Wildman–Crippen MR) is 78.5 cm³/mol. The van der Waals surface area contributed by atoms with Gasteiger partial charge in [0.15, 0.2) is 0 Å². The number of benzene rings is 1. The second-order valence-electron chi connectivity index (χ2n) is 4.75. The van der Waals surface area contributed by atoms with Crippen molar-refractivity contribution in [2.24, 2.45) is 0 Å². The third-order valence-corrected chi connectivity index (χ3v) is 4.62. The van der Waals surface area contributed by atoms with Crippen molar-refractivity contribution in [3.8, 4) is 0 Å². The Bertz CT molecular complexity index is 443. The highest BCUT2D eigenvalue weighted by atomic mass is 32.2. The van der Waals surface area contributed by atoms with E-state index in [2.05, 4.69) is 17.1 Å². The van der Waals surface area contributed by atoms with E-state index in [1.807, 2.05) is 6.07 Å².